The van der Waals surface area contributed by atoms with Gasteiger partial charge in [-0.2, -0.15) is 18.3 Å². The lowest BCUT2D eigenvalue weighted by atomic mass is 10.1. The van der Waals surface area contributed by atoms with Crippen LogP contribution in [0.5, 0.6) is 11.5 Å². The molecule has 0 aromatic heterocycles. The first-order valence-electron chi connectivity index (χ1n) is 10.4. The zero-order valence-electron chi connectivity index (χ0n) is 18.7. The van der Waals surface area contributed by atoms with E-state index >= 15 is 0 Å². The van der Waals surface area contributed by atoms with E-state index in [1.165, 1.54) is 24.4 Å². The molecule has 0 aliphatic rings. The number of alkyl halides is 3. The Morgan fingerprint density at radius 2 is 1.89 bits per heavy atom. The average Bonchev–Trinajstić information content (AvgIpc) is 2.83. The van der Waals surface area contributed by atoms with Gasteiger partial charge < -0.3 is 9.47 Å². The summed E-state index contributed by atoms with van der Waals surface area (Å²) in [4.78, 5) is 22.7. The molecule has 8 nitrogen and oxygen atoms in total. The van der Waals surface area contributed by atoms with Crippen LogP contribution in [0.1, 0.15) is 34.0 Å². The minimum Gasteiger partial charge on any atom is -0.490 e. The summed E-state index contributed by atoms with van der Waals surface area (Å²) < 4.78 is 50.5. The highest BCUT2D eigenvalue weighted by molar-refractivity contribution is 9.10. The van der Waals surface area contributed by atoms with Gasteiger partial charge in [-0.25, -0.2) is 5.43 Å². The van der Waals surface area contributed by atoms with Crippen molar-refractivity contribution in [1.29, 1.82) is 0 Å². The zero-order chi connectivity index (χ0) is 26.3. The van der Waals surface area contributed by atoms with E-state index in [1.54, 1.807) is 31.2 Å². The Labute approximate surface area is 212 Å². The van der Waals surface area contributed by atoms with Gasteiger partial charge in [-0.1, -0.05) is 18.2 Å². The molecular weight excluding hydrogens is 547 g/mol. The van der Waals surface area contributed by atoms with Crippen LogP contribution in [-0.4, -0.2) is 23.7 Å². The van der Waals surface area contributed by atoms with E-state index in [4.69, 9.17) is 9.47 Å². The Balaban J connectivity index is 1.73. The number of hydrogen-bond acceptors (Lipinski definition) is 6. The number of nitrogens with zero attached hydrogens (tertiary/aromatic N) is 2. The molecule has 36 heavy (non-hydrogen) atoms. The fourth-order valence-corrected chi connectivity index (χ4v) is 3.62. The number of non-ortho nitro benzene ring substituents is 1. The minimum atomic E-state index is -4.57. The van der Waals surface area contributed by atoms with Crippen molar-refractivity contribution >= 4 is 33.7 Å². The summed E-state index contributed by atoms with van der Waals surface area (Å²) in [5.41, 5.74) is 2.09. The van der Waals surface area contributed by atoms with Crippen molar-refractivity contribution in [3.63, 3.8) is 0 Å². The lowest BCUT2D eigenvalue weighted by Gasteiger charge is -2.14. The molecule has 3 rings (SSSR count). The first-order valence-corrected chi connectivity index (χ1v) is 11.2. The van der Waals surface area contributed by atoms with E-state index in [-0.39, 0.29) is 17.9 Å². The number of hydrazone groups is 1. The van der Waals surface area contributed by atoms with Gasteiger partial charge in [-0.3, -0.25) is 14.9 Å². The maximum atomic E-state index is 12.9. The van der Waals surface area contributed by atoms with Crippen molar-refractivity contribution in [2.75, 3.05) is 6.61 Å². The van der Waals surface area contributed by atoms with Crippen LogP contribution in [0.25, 0.3) is 0 Å². The molecule has 0 unspecified atom stereocenters. The smallest absolute Gasteiger partial charge is 0.416 e. The molecule has 0 spiro atoms. The van der Waals surface area contributed by atoms with Gasteiger partial charge in [0.15, 0.2) is 11.5 Å². The lowest BCUT2D eigenvalue weighted by Crippen LogP contribution is -2.18. The fourth-order valence-electron chi connectivity index (χ4n) is 3.05. The molecule has 1 N–H and O–H groups in total. The maximum Gasteiger partial charge on any atom is 0.416 e. The lowest BCUT2D eigenvalue weighted by molar-refractivity contribution is -0.384. The maximum absolute atomic E-state index is 12.9. The van der Waals surface area contributed by atoms with Crippen molar-refractivity contribution < 1.29 is 32.4 Å². The number of nitro benzene ring substituents is 1. The van der Waals surface area contributed by atoms with Crippen LogP contribution in [0.15, 0.2) is 70.2 Å². The van der Waals surface area contributed by atoms with Gasteiger partial charge in [0.05, 0.1) is 27.8 Å². The third-order valence-corrected chi connectivity index (χ3v) is 5.26. The third-order valence-electron chi connectivity index (χ3n) is 4.67. The Bertz CT molecular complexity index is 1300. The molecule has 0 heterocycles. The van der Waals surface area contributed by atoms with Crippen molar-refractivity contribution in [3.8, 4) is 11.5 Å². The van der Waals surface area contributed by atoms with Crippen LogP contribution in [0, 0.1) is 10.1 Å². The molecule has 0 bridgehead atoms. The summed E-state index contributed by atoms with van der Waals surface area (Å²) in [5.74, 6) is -0.102. The first-order chi connectivity index (χ1) is 17.1. The Kier molecular flexibility index (Phi) is 8.64. The second-order valence-electron chi connectivity index (χ2n) is 7.26. The predicted octanol–water partition coefficient (Wildman–Crippen LogP) is 6.12. The number of carbonyl (C=O) groups is 1. The van der Waals surface area contributed by atoms with Crippen LogP contribution in [0.2, 0.25) is 0 Å². The molecule has 0 fully saturated rings. The highest BCUT2D eigenvalue weighted by atomic mass is 79.9. The van der Waals surface area contributed by atoms with E-state index < -0.39 is 22.6 Å². The molecule has 1 amide bonds. The number of ether oxygens (including phenoxy) is 2. The van der Waals surface area contributed by atoms with E-state index in [1.807, 2.05) is 0 Å². The number of carbonyl (C=O) groups excluding carboxylic acids is 1. The molecule has 0 radical (unpaired) electrons. The van der Waals surface area contributed by atoms with E-state index in [0.29, 0.717) is 33.7 Å². The molecule has 3 aromatic carbocycles. The predicted molar refractivity (Wildman–Crippen MR) is 129 cm³/mol. The van der Waals surface area contributed by atoms with Crippen LogP contribution in [0.3, 0.4) is 0 Å². The largest absolute Gasteiger partial charge is 0.490 e. The summed E-state index contributed by atoms with van der Waals surface area (Å²) in [6.07, 6.45) is -3.27. The summed E-state index contributed by atoms with van der Waals surface area (Å²) in [6, 6.07) is 13.3. The molecule has 0 aliphatic carbocycles. The summed E-state index contributed by atoms with van der Waals surface area (Å²) in [7, 11) is 0. The van der Waals surface area contributed by atoms with Crippen LogP contribution >= 0.6 is 15.9 Å². The van der Waals surface area contributed by atoms with Gasteiger partial charge in [-0.05, 0) is 64.3 Å². The Morgan fingerprint density at radius 1 is 1.14 bits per heavy atom. The first kappa shape index (κ1) is 26.7. The Morgan fingerprint density at radius 3 is 2.58 bits per heavy atom. The van der Waals surface area contributed by atoms with Gasteiger partial charge in [0.25, 0.3) is 11.6 Å². The standard InChI is InChI=1S/C24H19BrF3N3O5/c1-2-35-21-11-16(13-29-30-23(32)17-6-4-7-18(12-17)24(26,27)28)10-20(25)22(21)36-14-15-5-3-8-19(9-15)31(33)34/h3-13H,2,14H2,1H3,(H,30,32)/b29-13-. The van der Waals surface area contributed by atoms with Gasteiger partial charge in [0.2, 0.25) is 0 Å². The van der Waals surface area contributed by atoms with Gasteiger partial charge in [-0.15, -0.1) is 0 Å². The molecule has 12 heteroatoms. The molecule has 0 saturated carbocycles. The number of amides is 1. The number of nitrogens with one attached hydrogen (secondary N) is 1. The van der Waals surface area contributed by atoms with Crippen molar-refractivity contribution in [2.45, 2.75) is 19.7 Å². The monoisotopic (exact) mass is 565 g/mol. The topological polar surface area (TPSA) is 103 Å². The molecular formula is C24H19BrF3N3O5. The van der Waals surface area contributed by atoms with E-state index in [0.717, 1.165) is 18.2 Å². The normalized spacial score (nSPS) is 11.4. The van der Waals surface area contributed by atoms with Crippen LogP contribution < -0.4 is 14.9 Å². The second-order valence-corrected chi connectivity index (χ2v) is 8.11. The molecule has 188 valence electrons. The number of hydrogen-bond donors (Lipinski definition) is 1. The second kappa shape index (κ2) is 11.7. The number of nitro groups is 1. The third kappa shape index (κ3) is 7.04. The van der Waals surface area contributed by atoms with Gasteiger partial charge in [0, 0.05) is 17.7 Å². The highest BCUT2D eigenvalue weighted by Crippen LogP contribution is 2.37. The van der Waals surface area contributed by atoms with Crippen LogP contribution in [-0.2, 0) is 12.8 Å². The quantitative estimate of drug-likeness (QED) is 0.191. The zero-order valence-corrected chi connectivity index (χ0v) is 20.3. The van der Waals surface area contributed by atoms with Gasteiger partial charge in [0.1, 0.15) is 6.61 Å². The molecule has 0 saturated heterocycles. The van der Waals surface area contributed by atoms with E-state index in [9.17, 15) is 28.1 Å². The SMILES string of the molecule is CCOc1cc(/C=N\NC(=O)c2cccc(C(F)(F)F)c2)cc(Br)c1OCc1cccc([N+](=O)[O-])c1. The fraction of sp³-hybridized carbons (Fsp3) is 0.167. The molecule has 0 aliphatic heterocycles. The number of benzene rings is 3. The average molecular weight is 566 g/mol. The van der Waals surface area contributed by atoms with Gasteiger partial charge >= 0.3 is 6.18 Å². The summed E-state index contributed by atoms with van der Waals surface area (Å²) in [5, 5.41) is 14.8. The minimum absolute atomic E-state index is 0.0425. The molecule has 3 aromatic rings. The van der Waals surface area contributed by atoms with E-state index in [2.05, 4.69) is 26.5 Å². The summed E-state index contributed by atoms with van der Waals surface area (Å²) in [6.45, 7) is 2.13. The highest BCUT2D eigenvalue weighted by Gasteiger charge is 2.30. The van der Waals surface area contributed by atoms with Crippen molar-refractivity contribution in [3.05, 3.63) is 97.5 Å². The van der Waals surface area contributed by atoms with Crippen molar-refractivity contribution in [2.24, 2.45) is 5.10 Å². The van der Waals surface area contributed by atoms with Crippen LogP contribution in [0.4, 0.5) is 18.9 Å². The Hall–Kier alpha value is -3.93. The summed E-state index contributed by atoms with van der Waals surface area (Å²) >= 11 is 3.39. The molecule has 0 atom stereocenters. The number of rotatable bonds is 9. The van der Waals surface area contributed by atoms with Crippen molar-refractivity contribution in [1.82, 2.24) is 5.43 Å². The number of halogens is 4.